The number of ether oxygens (including phenoxy) is 1. The number of nitrogens with zero attached hydrogens (tertiary/aromatic N) is 1. The van der Waals surface area contributed by atoms with Crippen LogP contribution < -0.4 is 11.1 Å². The number of amides is 1. The molecule has 0 unspecified atom stereocenters. The number of pyridine rings is 1. The number of Topliss-reactive ketones (excluding diaryl/α,β-unsaturated/α-hetero) is 2. The Morgan fingerprint density at radius 3 is 2.34 bits per heavy atom. The topological polar surface area (TPSA) is 132 Å². The molecule has 0 aliphatic rings. The predicted molar refractivity (Wildman–Crippen MR) is 107 cm³/mol. The average Bonchev–Trinajstić information content (AvgIpc) is 2.77. The van der Waals surface area contributed by atoms with Crippen LogP contribution in [0, 0.1) is 0 Å². The summed E-state index contributed by atoms with van der Waals surface area (Å²) in [5.41, 5.74) is 7.31. The minimum atomic E-state index is -0.361. The zero-order valence-corrected chi connectivity index (χ0v) is 16.1. The van der Waals surface area contributed by atoms with Crippen LogP contribution >= 0.6 is 0 Å². The number of hydrogen-bond acceptors (Lipinski definition) is 7. The first kappa shape index (κ1) is 22.4. The van der Waals surface area contributed by atoms with Crippen LogP contribution in [-0.4, -0.2) is 53.9 Å². The van der Waals surface area contributed by atoms with E-state index in [0.29, 0.717) is 30.6 Å². The number of hydrogen-bond donors (Lipinski definition) is 3. The molecule has 0 bridgehead atoms. The SMILES string of the molecule is NCC(=O)c1ccc(C(=O)NCc2ccc(C(=O)CCCOCCO)cc2)nc1. The quantitative estimate of drug-likeness (QED) is 0.360. The standard InChI is InChI=1S/C21H25N3O5/c22-12-20(27)17-7-8-18(23-14-17)21(28)24-13-15-3-5-16(6-4-15)19(26)2-1-10-29-11-9-25/h3-8,14,25H,1-2,9-13,22H2,(H,24,28). The number of benzene rings is 1. The summed E-state index contributed by atoms with van der Waals surface area (Å²) >= 11 is 0. The molecular weight excluding hydrogens is 374 g/mol. The summed E-state index contributed by atoms with van der Waals surface area (Å²) in [5.74, 6) is -0.582. The molecule has 8 nitrogen and oxygen atoms in total. The lowest BCUT2D eigenvalue weighted by Crippen LogP contribution is -2.24. The fourth-order valence-corrected chi connectivity index (χ4v) is 2.54. The van der Waals surface area contributed by atoms with Crippen molar-refractivity contribution in [2.45, 2.75) is 19.4 Å². The summed E-state index contributed by atoms with van der Waals surface area (Å²) in [5, 5.41) is 11.4. The number of nitrogens with two attached hydrogens (primary N) is 1. The van der Waals surface area contributed by atoms with Crippen LogP contribution in [0.3, 0.4) is 0 Å². The normalized spacial score (nSPS) is 10.6. The molecule has 2 aromatic rings. The molecule has 1 amide bonds. The summed E-state index contributed by atoms with van der Waals surface area (Å²) in [4.78, 5) is 39.8. The van der Waals surface area contributed by atoms with E-state index in [1.54, 1.807) is 24.3 Å². The molecule has 154 valence electrons. The maximum atomic E-state index is 12.2. The summed E-state index contributed by atoms with van der Waals surface area (Å²) in [6.45, 7) is 0.865. The number of aromatic nitrogens is 1. The third-order valence-corrected chi connectivity index (χ3v) is 4.16. The maximum Gasteiger partial charge on any atom is 0.270 e. The van der Waals surface area contributed by atoms with E-state index in [1.807, 2.05) is 0 Å². The average molecular weight is 399 g/mol. The third-order valence-electron chi connectivity index (χ3n) is 4.16. The summed E-state index contributed by atoms with van der Waals surface area (Å²) in [6.07, 6.45) is 2.30. The van der Waals surface area contributed by atoms with Crippen molar-refractivity contribution in [3.8, 4) is 0 Å². The molecule has 0 fully saturated rings. The first-order valence-corrected chi connectivity index (χ1v) is 9.33. The lowest BCUT2D eigenvalue weighted by molar-refractivity contribution is 0.0832. The van der Waals surface area contributed by atoms with Crippen molar-refractivity contribution < 1.29 is 24.2 Å². The van der Waals surface area contributed by atoms with Crippen molar-refractivity contribution in [3.05, 3.63) is 65.0 Å². The van der Waals surface area contributed by atoms with E-state index in [1.165, 1.54) is 18.3 Å². The number of carbonyl (C=O) groups is 3. The van der Waals surface area contributed by atoms with Crippen LogP contribution in [0.15, 0.2) is 42.6 Å². The number of nitrogens with one attached hydrogen (secondary N) is 1. The Morgan fingerprint density at radius 2 is 1.72 bits per heavy atom. The number of carbonyl (C=O) groups excluding carboxylic acids is 3. The van der Waals surface area contributed by atoms with Gasteiger partial charge in [0.25, 0.3) is 5.91 Å². The van der Waals surface area contributed by atoms with Gasteiger partial charge in [0.15, 0.2) is 11.6 Å². The van der Waals surface area contributed by atoms with Crippen LogP contribution in [0.25, 0.3) is 0 Å². The van der Waals surface area contributed by atoms with Crippen LogP contribution in [0.1, 0.15) is 49.6 Å². The molecule has 1 aromatic carbocycles. The molecule has 0 radical (unpaired) electrons. The number of aliphatic hydroxyl groups is 1. The van der Waals surface area contributed by atoms with E-state index in [4.69, 9.17) is 15.6 Å². The van der Waals surface area contributed by atoms with E-state index in [0.717, 1.165) is 5.56 Å². The molecule has 0 atom stereocenters. The van der Waals surface area contributed by atoms with Crippen LogP contribution in [0.4, 0.5) is 0 Å². The highest BCUT2D eigenvalue weighted by molar-refractivity contribution is 5.98. The van der Waals surface area contributed by atoms with Crippen LogP contribution in [0.2, 0.25) is 0 Å². The Kier molecular flexibility index (Phi) is 9.10. The lowest BCUT2D eigenvalue weighted by atomic mass is 10.0. The van der Waals surface area contributed by atoms with Gasteiger partial charge in [-0.15, -0.1) is 0 Å². The minimum absolute atomic E-state index is 0.0181. The Bertz CT molecular complexity index is 819. The van der Waals surface area contributed by atoms with Gasteiger partial charge in [-0.2, -0.15) is 0 Å². The number of rotatable bonds is 12. The molecule has 2 rings (SSSR count). The van der Waals surface area contributed by atoms with E-state index < -0.39 is 0 Å². The van der Waals surface area contributed by atoms with E-state index >= 15 is 0 Å². The monoisotopic (exact) mass is 399 g/mol. The Balaban J connectivity index is 1.81. The zero-order chi connectivity index (χ0) is 21.1. The Hall–Kier alpha value is -2.94. The van der Waals surface area contributed by atoms with Gasteiger partial charge in [-0.05, 0) is 24.1 Å². The molecule has 0 saturated heterocycles. The van der Waals surface area contributed by atoms with Crippen molar-refractivity contribution in [2.75, 3.05) is 26.4 Å². The van der Waals surface area contributed by atoms with Crippen LogP contribution in [0.5, 0.6) is 0 Å². The van der Waals surface area contributed by atoms with Crippen molar-refractivity contribution in [3.63, 3.8) is 0 Å². The molecule has 0 aliphatic carbocycles. The minimum Gasteiger partial charge on any atom is -0.394 e. The van der Waals surface area contributed by atoms with Gasteiger partial charge in [0, 0.05) is 36.9 Å². The van der Waals surface area contributed by atoms with E-state index in [-0.39, 0.29) is 49.5 Å². The molecule has 4 N–H and O–H groups in total. The first-order chi connectivity index (χ1) is 14.0. The molecule has 8 heteroatoms. The van der Waals surface area contributed by atoms with Gasteiger partial charge >= 0.3 is 0 Å². The fraction of sp³-hybridized carbons (Fsp3) is 0.333. The highest BCUT2D eigenvalue weighted by Gasteiger charge is 2.10. The molecule has 29 heavy (non-hydrogen) atoms. The number of ketones is 2. The largest absolute Gasteiger partial charge is 0.394 e. The smallest absolute Gasteiger partial charge is 0.270 e. The Morgan fingerprint density at radius 1 is 1.00 bits per heavy atom. The summed E-state index contributed by atoms with van der Waals surface area (Å²) < 4.78 is 5.13. The summed E-state index contributed by atoms with van der Waals surface area (Å²) in [6, 6.07) is 10.0. The van der Waals surface area contributed by atoms with Gasteiger partial charge in [0.05, 0.1) is 19.8 Å². The number of aliphatic hydroxyl groups excluding tert-OH is 1. The third kappa shape index (κ3) is 7.19. The van der Waals surface area contributed by atoms with E-state index in [2.05, 4.69) is 10.3 Å². The highest BCUT2D eigenvalue weighted by atomic mass is 16.5. The van der Waals surface area contributed by atoms with Gasteiger partial charge in [-0.1, -0.05) is 24.3 Å². The summed E-state index contributed by atoms with van der Waals surface area (Å²) in [7, 11) is 0. The fourth-order valence-electron chi connectivity index (χ4n) is 2.54. The van der Waals surface area contributed by atoms with E-state index in [9.17, 15) is 14.4 Å². The molecule has 0 spiro atoms. The molecular formula is C21H25N3O5. The van der Waals surface area contributed by atoms with Gasteiger partial charge < -0.3 is 20.9 Å². The van der Waals surface area contributed by atoms with Crippen molar-refractivity contribution in [1.82, 2.24) is 10.3 Å². The predicted octanol–water partition coefficient (Wildman–Crippen LogP) is 1.12. The van der Waals surface area contributed by atoms with Gasteiger partial charge in [0.2, 0.25) is 0 Å². The van der Waals surface area contributed by atoms with Crippen molar-refractivity contribution in [2.24, 2.45) is 5.73 Å². The van der Waals surface area contributed by atoms with Crippen LogP contribution in [-0.2, 0) is 11.3 Å². The highest BCUT2D eigenvalue weighted by Crippen LogP contribution is 2.09. The van der Waals surface area contributed by atoms with Gasteiger partial charge in [-0.25, -0.2) is 0 Å². The lowest BCUT2D eigenvalue weighted by Gasteiger charge is -2.07. The maximum absolute atomic E-state index is 12.2. The Labute approximate surface area is 169 Å². The first-order valence-electron chi connectivity index (χ1n) is 9.33. The van der Waals surface area contributed by atoms with Gasteiger partial charge in [0.1, 0.15) is 5.69 Å². The second-order valence-electron chi connectivity index (χ2n) is 6.30. The molecule has 1 heterocycles. The molecule has 1 aromatic heterocycles. The second-order valence-corrected chi connectivity index (χ2v) is 6.30. The molecule has 0 aliphatic heterocycles. The van der Waals surface area contributed by atoms with Crippen molar-refractivity contribution >= 4 is 17.5 Å². The van der Waals surface area contributed by atoms with Crippen molar-refractivity contribution in [1.29, 1.82) is 0 Å². The molecule has 0 saturated carbocycles. The van der Waals surface area contributed by atoms with Gasteiger partial charge in [-0.3, -0.25) is 19.4 Å². The second kappa shape index (κ2) is 11.8. The zero-order valence-electron chi connectivity index (χ0n) is 16.1.